The highest BCUT2D eigenvalue weighted by atomic mass is 16.5. The van der Waals surface area contributed by atoms with Crippen molar-refractivity contribution in [3.05, 3.63) is 76.0 Å². The third kappa shape index (κ3) is 5.81. The van der Waals surface area contributed by atoms with Crippen molar-refractivity contribution < 1.29 is 14.3 Å². The maximum atomic E-state index is 13.5. The topological polar surface area (TPSA) is 106 Å². The minimum absolute atomic E-state index is 0.0346. The fourth-order valence-electron chi connectivity index (χ4n) is 4.15. The predicted octanol–water partition coefficient (Wildman–Crippen LogP) is 3.86. The molecule has 0 saturated carbocycles. The number of nitrogens with zero attached hydrogens (tertiary/aromatic N) is 2. The Morgan fingerprint density at radius 2 is 1.91 bits per heavy atom. The first-order valence-electron chi connectivity index (χ1n) is 11.4. The molecule has 2 heterocycles. The van der Waals surface area contributed by atoms with Gasteiger partial charge in [0.05, 0.1) is 25.3 Å². The van der Waals surface area contributed by atoms with Crippen LogP contribution in [-0.4, -0.2) is 33.8 Å². The highest BCUT2D eigenvalue weighted by molar-refractivity contribution is 5.82. The molecule has 180 valence electrons. The summed E-state index contributed by atoms with van der Waals surface area (Å²) < 4.78 is 6.34. The Balaban J connectivity index is 1.97. The van der Waals surface area contributed by atoms with E-state index in [1.807, 2.05) is 52.0 Å². The first-order valence-corrected chi connectivity index (χ1v) is 11.4. The van der Waals surface area contributed by atoms with E-state index in [0.717, 1.165) is 28.1 Å². The largest absolute Gasteiger partial charge is 0.469 e. The average molecular weight is 465 g/mol. The Hall–Kier alpha value is -3.68. The molecule has 2 N–H and O–H groups in total. The van der Waals surface area contributed by atoms with Gasteiger partial charge in [-0.3, -0.25) is 19.5 Å². The molecule has 3 aromatic rings. The fourth-order valence-corrected chi connectivity index (χ4v) is 4.15. The summed E-state index contributed by atoms with van der Waals surface area (Å²) in [6, 6.07) is 11.2. The van der Waals surface area contributed by atoms with Crippen molar-refractivity contribution in [1.82, 2.24) is 20.1 Å². The monoisotopic (exact) mass is 464 g/mol. The summed E-state index contributed by atoms with van der Waals surface area (Å²) in [5.74, 6) is -0.585. The van der Waals surface area contributed by atoms with Crippen LogP contribution in [0.2, 0.25) is 0 Å². The van der Waals surface area contributed by atoms with E-state index in [0.29, 0.717) is 6.42 Å². The number of hydrogen-bond acceptors (Lipinski definition) is 5. The fraction of sp³-hybridized carbons (Fsp3) is 0.385. The van der Waals surface area contributed by atoms with Gasteiger partial charge >= 0.3 is 5.97 Å². The predicted molar refractivity (Wildman–Crippen MR) is 130 cm³/mol. The van der Waals surface area contributed by atoms with Crippen LogP contribution in [0.4, 0.5) is 0 Å². The molecule has 0 aliphatic rings. The summed E-state index contributed by atoms with van der Waals surface area (Å²) in [7, 11) is 1.32. The molecule has 2 atom stereocenters. The van der Waals surface area contributed by atoms with Gasteiger partial charge in [-0.15, -0.1) is 0 Å². The zero-order chi connectivity index (χ0) is 24.8. The minimum atomic E-state index is -0.699. The Kier molecular flexibility index (Phi) is 8.04. The number of benzene rings is 1. The highest BCUT2D eigenvalue weighted by Gasteiger charge is 2.27. The molecule has 0 spiro atoms. The number of ether oxygens (including phenoxy) is 1. The molecule has 1 amide bonds. The van der Waals surface area contributed by atoms with Crippen LogP contribution in [0.3, 0.4) is 0 Å². The molecule has 0 fully saturated rings. The van der Waals surface area contributed by atoms with E-state index < -0.39 is 18.1 Å². The number of carbonyl (C=O) groups is 2. The Morgan fingerprint density at radius 1 is 1.15 bits per heavy atom. The van der Waals surface area contributed by atoms with Gasteiger partial charge in [-0.05, 0) is 49.4 Å². The molecule has 0 aliphatic carbocycles. The lowest BCUT2D eigenvalue weighted by Gasteiger charge is -2.25. The first-order chi connectivity index (χ1) is 16.2. The van der Waals surface area contributed by atoms with Gasteiger partial charge in [-0.25, -0.2) is 0 Å². The molecule has 1 aromatic carbocycles. The van der Waals surface area contributed by atoms with Gasteiger partial charge < -0.3 is 14.6 Å². The van der Waals surface area contributed by atoms with Crippen molar-refractivity contribution in [2.24, 2.45) is 5.92 Å². The van der Waals surface area contributed by atoms with Gasteiger partial charge in [0, 0.05) is 23.5 Å². The van der Waals surface area contributed by atoms with E-state index in [1.54, 1.807) is 18.3 Å². The zero-order valence-electron chi connectivity index (χ0n) is 20.3. The molecular formula is C26H32N4O4. The highest BCUT2D eigenvalue weighted by Crippen LogP contribution is 2.29. The molecular weight excluding hydrogens is 432 g/mol. The van der Waals surface area contributed by atoms with E-state index in [1.165, 1.54) is 17.7 Å². The molecule has 34 heavy (non-hydrogen) atoms. The van der Waals surface area contributed by atoms with Crippen molar-refractivity contribution in [3.8, 4) is 11.1 Å². The zero-order valence-corrected chi connectivity index (χ0v) is 20.3. The Morgan fingerprint density at radius 3 is 2.53 bits per heavy atom. The van der Waals surface area contributed by atoms with Crippen LogP contribution in [0.25, 0.3) is 11.1 Å². The second-order valence-corrected chi connectivity index (χ2v) is 8.87. The number of amides is 1. The van der Waals surface area contributed by atoms with Crippen molar-refractivity contribution >= 4 is 11.9 Å². The summed E-state index contributed by atoms with van der Waals surface area (Å²) >= 11 is 0. The Labute approximate surface area is 199 Å². The maximum absolute atomic E-state index is 13.5. The number of aryl methyl sites for hydroxylation is 2. The SMILES string of the molecule is COC(=O)C[C@H](NC(=O)C(CC(C)C)n1ccccc1=O)c1cccc(-c2c(C)n[nH]c2C)c1. The van der Waals surface area contributed by atoms with Gasteiger partial charge in [0.1, 0.15) is 6.04 Å². The summed E-state index contributed by atoms with van der Waals surface area (Å²) in [4.78, 5) is 38.2. The van der Waals surface area contributed by atoms with E-state index in [4.69, 9.17) is 4.74 Å². The molecule has 2 aromatic heterocycles. The van der Waals surface area contributed by atoms with Gasteiger partial charge in [0.15, 0.2) is 0 Å². The summed E-state index contributed by atoms with van der Waals surface area (Å²) in [6.07, 6.45) is 2.07. The van der Waals surface area contributed by atoms with E-state index in [-0.39, 0.29) is 23.8 Å². The third-order valence-corrected chi connectivity index (χ3v) is 5.80. The van der Waals surface area contributed by atoms with Crippen molar-refractivity contribution in [1.29, 1.82) is 0 Å². The maximum Gasteiger partial charge on any atom is 0.307 e. The average Bonchev–Trinajstić information content (AvgIpc) is 3.15. The lowest BCUT2D eigenvalue weighted by molar-refractivity contribution is -0.141. The summed E-state index contributed by atoms with van der Waals surface area (Å²) in [6.45, 7) is 7.87. The number of carbonyl (C=O) groups excluding carboxylic acids is 2. The van der Waals surface area contributed by atoms with Gasteiger partial charge in [0.2, 0.25) is 5.91 Å². The number of H-pyrrole nitrogens is 1. The quantitative estimate of drug-likeness (QED) is 0.468. The smallest absolute Gasteiger partial charge is 0.307 e. The molecule has 8 nitrogen and oxygen atoms in total. The van der Waals surface area contributed by atoms with Crippen molar-refractivity contribution in [2.75, 3.05) is 7.11 Å². The number of hydrogen-bond donors (Lipinski definition) is 2. The number of nitrogens with one attached hydrogen (secondary N) is 2. The van der Waals surface area contributed by atoms with Crippen LogP contribution in [0.5, 0.6) is 0 Å². The van der Waals surface area contributed by atoms with Crippen molar-refractivity contribution in [2.45, 2.75) is 52.6 Å². The molecule has 3 rings (SSSR count). The molecule has 1 unspecified atom stereocenters. The number of aromatic nitrogens is 3. The molecule has 8 heteroatoms. The molecule has 0 aliphatic heterocycles. The van der Waals surface area contributed by atoms with Crippen LogP contribution in [-0.2, 0) is 14.3 Å². The number of esters is 1. The lowest BCUT2D eigenvalue weighted by Crippen LogP contribution is -2.40. The standard InChI is InChI=1S/C26H32N4O4/c1-16(2)13-22(30-12-7-6-11-23(30)31)26(33)27-21(15-24(32)34-5)19-9-8-10-20(14-19)25-17(3)28-29-18(25)4/h6-12,14,16,21-22H,13,15H2,1-5H3,(H,27,33)(H,28,29)/t21-,22?/m0/s1. The number of rotatable bonds is 9. The normalized spacial score (nSPS) is 12.9. The molecule has 0 bridgehead atoms. The number of pyridine rings is 1. The van der Waals surface area contributed by atoms with E-state index in [9.17, 15) is 14.4 Å². The van der Waals surface area contributed by atoms with Gasteiger partial charge in [-0.2, -0.15) is 5.10 Å². The summed E-state index contributed by atoms with van der Waals surface area (Å²) in [5, 5.41) is 10.3. The van der Waals surface area contributed by atoms with E-state index >= 15 is 0 Å². The molecule has 0 radical (unpaired) electrons. The first kappa shape index (κ1) is 25.0. The minimum Gasteiger partial charge on any atom is -0.469 e. The third-order valence-electron chi connectivity index (χ3n) is 5.80. The second kappa shape index (κ2) is 11.0. The number of aromatic amines is 1. The van der Waals surface area contributed by atoms with E-state index in [2.05, 4.69) is 15.5 Å². The van der Waals surface area contributed by atoms with Gasteiger partial charge in [-0.1, -0.05) is 38.1 Å². The summed E-state index contributed by atoms with van der Waals surface area (Å²) in [5.41, 5.74) is 4.23. The van der Waals surface area contributed by atoms with Crippen molar-refractivity contribution in [3.63, 3.8) is 0 Å². The lowest BCUT2D eigenvalue weighted by atomic mass is 9.96. The van der Waals surface area contributed by atoms with Gasteiger partial charge in [0.25, 0.3) is 5.56 Å². The van der Waals surface area contributed by atoms with Crippen LogP contribution < -0.4 is 10.9 Å². The van der Waals surface area contributed by atoms with Crippen LogP contribution in [0.1, 0.15) is 55.7 Å². The van der Waals surface area contributed by atoms with Crippen LogP contribution in [0, 0.1) is 19.8 Å². The second-order valence-electron chi connectivity index (χ2n) is 8.87. The van der Waals surface area contributed by atoms with Crippen LogP contribution >= 0.6 is 0 Å². The Bertz CT molecular complexity index is 1190. The van der Waals surface area contributed by atoms with Crippen LogP contribution in [0.15, 0.2) is 53.5 Å². The molecule has 0 saturated heterocycles. The number of methoxy groups -OCH3 is 1.